The van der Waals surface area contributed by atoms with Gasteiger partial charge < -0.3 is 10.6 Å². The molecule has 0 aromatic carbocycles. The lowest BCUT2D eigenvalue weighted by molar-refractivity contribution is -0.137. The van der Waals surface area contributed by atoms with Gasteiger partial charge in [0.1, 0.15) is 5.41 Å². The second-order valence-corrected chi connectivity index (χ2v) is 7.68. The van der Waals surface area contributed by atoms with Gasteiger partial charge in [-0.3, -0.25) is 14.5 Å². The molecule has 0 atom stereocenters. The monoisotopic (exact) mass is 321 g/mol. The average Bonchev–Trinajstić information content (AvgIpc) is 3.42. The number of hydrogen-bond acceptors (Lipinski definition) is 3. The van der Waals surface area contributed by atoms with Crippen LogP contribution in [-0.4, -0.2) is 48.9 Å². The maximum absolute atomic E-state index is 12.6. The van der Waals surface area contributed by atoms with Crippen molar-refractivity contribution in [1.29, 1.82) is 0 Å². The number of nitrogens with zero attached hydrogens (tertiary/aromatic N) is 1. The molecule has 1 heterocycles. The molecular weight excluding hydrogens is 290 g/mol. The molecule has 3 rings (SSSR count). The molecule has 3 aliphatic rings. The minimum absolute atomic E-state index is 0.0567. The number of piperidine rings is 1. The summed E-state index contributed by atoms with van der Waals surface area (Å²) in [6.07, 6.45) is 11.4. The largest absolute Gasteiger partial charge is 0.358 e. The van der Waals surface area contributed by atoms with E-state index in [1.807, 2.05) is 0 Å². The Morgan fingerprint density at radius 3 is 2.04 bits per heavy atom. The Labute approximate surface area is 139 Å². The summed E-state index contributed by atoms with van der Waals surface area (Å²) in [5.41, 5.74) is -0.639. The first-order valence-corrected chi connectivity index (χ1v) is 9.39. The minimum atomic E-state index is -0.771. The van der Waals surface area contributed by atoms with Crippen LogP contribution in [0.1, 0.15) is 64.2 Å². The molecule has 23 heavy (non-hydrogen) atoms. The van der Waals surface area contributed by atoms with Crippen LogP contribution in [-0.2, 0) is 9.59 Å². The van der Waals surface area contributed by atoms with Gasteiger partial charge in [0.15, 0.2) is 0 Å². The van der Waals surface area contributed by atoms with E-state index in [1.54, 1.807) is 7.05 Å². The van der Waals surface area contributed by atoms with Crippen molar-refractivity contribution >= 4 is 11.8 Å². The summed E-state index contributed by atoms with van der Waals surface area (Å²) in [7, 11) is 1.62. The highest BCUT2D eigenvalue weighted by Crippen LogP contribution is 2.46. The van der Waals surface area contributed by atoms with Crippen LogP contribution in [0.4, 0.5) is 0 Å². The van der Waals surface area contributed by atoms with E-state index in [0.29, 0.717) is 19.4 Å². The predicted molar refractivity (Wildman–Crippen MR) is 90.0 cm³/mol. The highest BCUT2D eigenvalue weighted by molar-refractivity contribution is 6.07. The Kier molecular flexibility index (Phi) is 4.95. The van der Waals surface area contributed by atoms with Crippen LogP contribution < -0.4 is 10.6 Å². The number of carbonyl (C=O) groups excluding carboxylic acids is 2. The normalized spacial score (nSPS) is 26.3. The van der Waals surface area contributed by atoms with Gasteiger partial charge in [0.25, 0.3) is 0 Å². The van der Waals surface area contributed by atoms with Crippen LogP contribution in [0.2, 0.25) is 0 Å². The lowest BCUT2D eigenvalue weighted by atomic mass is 9.79. The summed E-state index contributed by atoms with van der Waals surface area (Å²) in [5.74, 6) is -0.176. The number of rotatable bonds is 5. The van der Waals surface area contributed by atoms with Gasteiger partial charge in [0.05, 0.1) is 0 Å². The number of nitrogens with one attached hydrogen (secondary N) is 2. The van der Waals surface area contributed by atoms with Gasteiger partial charge in [0, 0.05) is 19.1 Å². The molecule has 0 unspecified atom stereocenters. The van der Waals surface area contributed by atoms with Gasteiger partial charge in [-0.25, -0.2) is 0 Å². The van der Waals surface area contributed by atoms with Crippen LogP contribution in [0.25, 0.3) is 0 Å². The maximum Gasteiger partial charge on any atom is 0.235 e. The van der Waals surface area contributed by atoms with Crippen LogP contribution in [0.3, 0.4) is 0 Å². The molecule has 5 nitrogen and oxygen atoms in total. The standard InChI is InChI=1S/C18H31N3O2/c1-19-15(22)18(10-11-18)16(23)20-14-17(8-4-2-5-9-17)21-12-6-3-7-13-21/h2-14H2,1H3,(H,19,22)(H,20,23). The van der Waals surface area contributed by atoms with Gasteiger partial charge in [0.2, 0.25) is 11.8 Å². The van der Waals surface area contributed by atoms with Gasteiger partial charge in [-0.15, -0.1) is 0 Å². The molecule has 1 aliphatic heterocycles. The number of carbonyl (C=O) groups is 2. The van der Waals surface area contributed by atoms with Gasteiger partial charge >= 0.3 is 0 Å². The first-order valence-electron chi connectivity index (χ1n) is 9.39. The van der Waals surface area contributed by atoms with Crippen LogP contribution in [0.5, 0.6) is 0 Å². The lowest BCUT2D eigenvalue weighted by Crippen LogP contribution is -2.59. The van der Waals surface area contributed by atoms with Crippen LogP contribution in [0, 0.1) is 5.41 Å². The summed E-state index contributed by atoms with van der Waals surface area (Å²) >= 11 is 0. The van der Waals surface area contributed by atoms with Crippen molar-refractivity contribution in [1.82, 2.24) is 15.5 Å². The second kappa shape index (κ2) is 6.80. The topological polar surface area (TPSA) is 61.4 Å². The molecule has 0 aromatic rings. The highest BCUT2D eigenvalue weighted by atomic mass is 16.2. The van der Waals surface area contributed by atoms with Crippen molar-refractivity contribution in [2.24, 2.45) is 5.41 Å². The third-order valence-corrected chi connectivity index (χ3v) is 6.24. The molecule has 5 heteroatoms. The number of likely N-dealkylation sites (tertiary alicyclic amines) is 1. The molecule has 130 valence electrons. The van der Waals surface area contributed by atoms with Crippen molar-refractivity contribution in [3.8, 4) is 0 Å². The molecular formula is C18H31N3O2. The lowest BCUT2D eigenvalue weighted by Gasteiger charge is -2.48. The zero-order valence-electron chi connectivity index (χ0n) is 14.5. The van der Waals surface area contributed by atoms with E-state index in [1.165, 1.54) is 51.4 Å². The molecule has 2 aliphatic carbocycles. The zero-order valence-corrected chi connectivity index (χ0v) is 14.5. The highest BCUT2D eigenvalue weighted by Gasteiger charge is 2.56. The zero-order chi connectivity index (χ0) is 16.3. The van der Waals surface area contributed by atoms with Crippen molar-refractivity contribution in [3.05, 3.63) is 0 Å². The fourth-order valence-corrected chi connectivity index (χ4v) is 4.52. The van der Waals surface area contributed by atoms with E-state index in [2.05, 4.69) is 15.5 Å². The summed E-state index contributed by atoms with van der Waals surface area (Å²) in [6.45, 7) is 3.04. The van der Waals surface area contributed by atoms with Gasteiger partial charge in [-0.1, -0.05) is 25.7 Å². The Morgan fingerprint density at radius 2 is 1.48 bits per heavy atom. The van der Waals surface area contributed by atoms with E-state index >= 15 is 0 Å². The molecule has 2 saturated carbocycles. The first-order chi connectivity index (χ1) is 11.1. The van der Waals surface area contributed by atoms with E-state index in [9.17, 15) is 9.59 Å². The fraction of sp³-hybridized carbons (Fsp3) is 0.889. The van der Waals surface area contributed by atoms with Crippen LogP contribution in [0.15, 0.2) is 0 Å². The molecule has 0 aromatic heterocycles. The Balaban J connectivity index is 1.65. The summed E-state index contributed by atoms with van der Waals surface area (Å²) in [5, 5.41) is 5.82. The van der Waals surface area contributed by atoms with Crippen molar-refractivity contribution in [2.45, 2.75) is 69.7 Å². The molecule has 0 bridgehead atoms. The van der Waals surface area contributed by atoms with Gasteiger partial charge in [-0.2, -0.15) is 0 Å². The summed E-state index contributed by atoms with van der Waals surface area (Å²) in [4.78, 5) is 27.2. The smallest absolute Gasteiger partial charge is 0.235 e. The molecule has 3 fully saturated rings. The second-order valence-electron chi connectivity index (χ2n) is 7.68. The molecule has 0 radical (unpaired) electrons. The van der Waals surface area contributed by atoms with E-state index in [4.69, 9.17) is 0 Å². The molecule has 0 spiro atoms. The van der Waals surface area contributed by atoms with Crippen molar-refractivity contribution in [2.75, 3.05) is 26.7 Å². The fourth-order valence-electron chi connectivity index (χ4n) is 4.52. The van der Waals surface area contributed by atoms with E-state index in [0.717, 1.165) is 13.1 Å². The van der Waals surface area contributed by atoms with Crippen molar-refractivity contribution < 1.29 is 9.59 Å². The van der Waals surface area contributed by atoms with E-state index < -0.39 is 5.41 Å². The maximum atomic E-state index is 12.6. The molecule has 2 amide bonds. The number of amides is 2. The average molecular weight is 321 g/mol. The quantitative estimate of drug-likeness (QED) is 0.759. The third-order valence-electron chi connectivity index (χ3n) is 6.24. The minimum Gasteiger partial charge on any atom is -0.358 e. The molecule has 1 saturated heterocycles. The Hall–Kier alpha value is -1.10. The predicted octanol–water partition coefficient (Wildman–Crippen LogP) is 1.82. The van der Waals surface area contributed by atoms with E-state index in [-0.39, 0.29) is 17.4 Å². The Morgan fingerprint density at radius 1 is 0.870 bits per heavy atom. The summed E-state index contributed by atoms with van der Waals surface area (Å²) in [6, 6.07) is 0. The van der Waals surface area contributed by atoms with Crippen LogP contribution >= 0.6 is 0 Å². The summed E-state index contributed by atoms with van der Waals surface area (Å²) < 4.78 is 0. The van der Waals surface area contributed by atoms with Crippen molar-refractivity contribution in [3.63, 3.8) is 0 Å². The number of hydrogen-bond donors (Lipinski definition) is 2. The third kappa shape index (κ3) is 3.25. The Bertz CT molecular complexity index is 447. The SMILES string of the molecule is CNC(=O)C1(C(=O)NCC2(N3CCCCC3)CCCCC2)CC1. The van der Waals surface area contributed by atoms with Gasteiger partial charge in [-0.05, 0) is 51.6 Å². The first kappa shape index (κ1) is 16.7. The molecule has 2 N–H and O–H groups in total.